The third-order valence-corrected chi connectivity index (χ3v) is 8.41. The van der Waals surface area contributed by atoms with E-state index in [4.69, 9.17) is 9.16 Å². The van der Waals surface area contributed by atoms with Gasteiger partial charge in [0.2, 0.25) is 8.32 Å². The minimum atomic E-state index is -1.91. The summed E-state index contributed by atoms with van der Waals surface area (Å²) < 4.78 is 11.2. The zero-order valence-electron chi connectivity index (χ0n) is 13.7. The molecule has 0 atom stereocenters. The van der Waals surface area contributed by atoms with Crippen molar-refractivity contribution >= 4 is 22.1 Å². The molecule has 5 heteroatoms. The number of ether oxygens (including phenoxy) is 1. The number of carbonyl (C=O) groups is 1. The van der Waals surface area contributed by atoms with E-state index in [9.17, 15) is 4.79 Å². The second-order valence-electron chi connectivity index (χ2n) is 6.49. The molecule has 0 aliphatic carbocycles. The predicted molar refractivity (Wildman–Crippen MR) is 87.9 cm³/mol. The third kappa shape index (κ3) is 3.45. The van der Waals surface area contributed by atoms with Gasteiger partial charge in [0.05, 0.1) is 12.7 Å². The lowest BCUT2D eigenvalue weighted by Gasteiger charge is -2.37. The highest BCUT2D eigenvalue weighted by molar-refractivity contribution is 6.74. The molecule has 1 rings (SSSR count). The number of carbonyl (C=O) groups excluding carboxylic acids is 1. The molecule has 1 aromatic rings. The molecule has 0 saturated heterocycles. The van der Waals surface area contributed by atoms with Gasteiger partial charge in [-0.05, 0) is 35.8 Å². The Labute approximate surface area is 124 Å². The Kier molecular flexibility index (Phi) is 5.08. The fraction of sp³-hybridized carbons (Fsp3) is 0.533. The van der Waals surface area contributed by atoms with E-state index in [1.165, 1.54) is 7.11 Å². The van der Waals surface area contributed by atoms with E-state index < -0.39 is 8.32 Å². The summed E-state index contributed by atoms with van der Waals surface area (Å²) in [4.78, 5) is 11.8. The molecule has 3 nitrogen and oxygen atoms in total. The van der Waals surface area contributed by atoms with Gasteiger partial charge in [-0.1, -0.05) is 33.2 Å². The second-order valence-corrected chi connectivity index (χ2v) is 11.2. The maximum atomic E-state index is 11.8. The SMILES string of the molecule is BCc1c(O[Si](C)(C)C(C)(C)C)cccc1C(=O)OC. The Morgan fingerprint density at radius 3 is 2.35 bits per heavy atom. The van der Waals surface area contributed by atoms with Crippen molar-refractivity contribution in [1.29, 1.82) is 0 Å². The van der Waals surface area contributed by atoms with Crippen molar-refractivity contribution in [2.75, 3.05) is 7.11 Å². The molecule has 0 amide bonds. The Morgan fingerprint density at radius 2 is 1.90 bits per heavy atom. The van der Waals surface area contributed by atoms with Crippen molar-refractivity contribution in [2.45, 2.75) is 45.2 Å². The lowest BCUT2D eigenvalue weighted by molar-refractivity contribution is 0.0599. The fourth-order valence-electron chi connectivity index (χ4n) is 1.76. The molecular weight excluding hydrogens is 267 g/mol. The number of hydrogen-bond donors (Lipinski definition) is 0. The number of esters is 1. The second kappa shape index (κ2) is 6.04. The molecule has 0 saturated carbocycles. The zero-order valence-corrected chi connectivity index (χ0v) is 14.7. The van der Waals surface area contributed by atoms with E-state index >= 15 is 0 Å². The molecule has 0 spiro atoms. The average Bonchev–Trinajstić information content (AvgIpc) is 2.35. The van der Waals surface area contributed by atoms with Gasteiger partial charge in [-0.15, -0.1) is 0 Å². The summed E-state index contributed by atoms with van der Waals surface area (Å²) in [6, 6.07) is 5.60. The van der Waals surface area contributed by atoms with Crippen LogP contribution < -0.4 is 4.43 Å². The Hall–Kier alpha value is -1.23. The molecule has 0 unspecified atom stereocenters. The first-order valence-corrected chi connectivity index (χ1v) is 9.94. The van der Waals surface area contributed by atoms with Gasteiger partial charge in [-0.2, -0.15) is 0 Å². The van der Waals surface area contributed by atoms with Crippen molar-refractivity contribution in [3.8, 4) is 5.75 Å². The minimum absolute atomic E-state index is 0.124. The molecule has 20 heavy (non-hydrogen) atoms. The van der Waals surface area contributed by atoms with Crippen LogP contribution in [0.15, 0.2) is 18.2 Å². The van der Waals surface area contributed by atoms with Gasteiger partial charge in [0.15, 0.2) is 0 Å². The van der Waals surface area contributed by atoms with Gasteiger partial charge >= 0.3 is 5.97 Å². The summed E-state index contributed by atoms with van der Waals surface area (Å²) in [5.41, 5.74) is 1.54. The number of benzene rings is 1. The van der Waals surface area contributed by atoms with E-state index in [1.54, 1.807) is 6.07 Å². The van der Waals surface area contributed by atoms with Crippen molar-refractivity contribution in [1.82, 2.24) is 0 Å². The normalized spacial score (nSPS) is 12.1. The zero-order chi connectivity index (χ0) is 15.6. The molecule has 0 aliphatic rings. The maximum Gasteiger partial charge on any atom is 0.338 e. The van der Waals surface area contributed by atoms with Crippen LogP contribution in [0.25, 0.3) is 0 Å². The van der Waals surface area contributed by atoms with Crippen molar-refractivity contribution < 1.29 is 14.0 Å². The van der Waals surface area contributed by atoms with Crippen LogP contribution in [0.3, 0.4) is 0 Å². The lowest BCUT2D eigenvalue weighted by Crippen LogP contribution is -2.44. The van der Waals surface area contributed by atoms with Gasteiger partial charge < -0.3 is 9.16 Å². The highest BCUT2D eigenvalue weighted by Gasteiger charge is 2.39. The van der Waals surface area contributed by atoms with Gasteiger partial charge in [-0.3, -0.25) is 0 Å². The number of hydrogen-bond acceptors (Lipinski definition) is 3. The van der Waals surface area contributed by atoms with Crippen LogP contribution in [0.1, 0.15) is 36.7 Å². The third-order valence-electron chi connectivity index (χ3n) is 4.06. The van der Waals surface area contributed by atoms with Crippen LogP contribution in [0.4, 0.5) is 0 Å². The Bertz CT molecular complexity index is 492. The first-order chi connectivity index (χ1) is 9.14. The predicted octanol–water partition coefficient (Wildman–Crippen LogP) is 2.99. The average molecular weight is 292 g/mol. The molecule has 0 bridgehead atoms. The molecule has 0 aromatic heterocycles. The summed E-state index contributed by atoms with van der Waals surface area (Å²) in [5, 5.41) is 0.124. The van der Waals surface area contributed by atoms with Crippen molar-refractivity contribution in [3.05, 3.63) is 29.3 Å². The van der Waals surface area contributed by atoms with E-state index in [1.807, 2.05) is 20.0 Å². The standard InChI is InChI=1S/C15H25BO3Si/c1-15(2,3)20(5,6)19-13-9-7-8-11(12(13)10-16)14(17)18-4/h7-9H,10,16H2,1-6H3. The van der Waals surface area contributed by atoms with Crippen LogP contribution in [-0.2, 0) is 11.1 Å². The molecule has 110 valence electrons. The summed E-state index contributed by atoms with van der Waals surface area (Å²) in [7, 11) is 1.52. The summed E-state index contributed by atoms with van der Waals surface area (Å²) in [6.07, 6.45) is 0.745. The van der Waals surface area contributed by atoms with E-state index in [0.29, 0.717) is 5.56 Å². The monoisotopic (exact) mass is 292 g/mol. The maximum absolute atomic E-state index is 11.8. The first-order valence-electron chi connectivity index (χ1n) is 7.03. The van der Waals surface area contributed by atoms with Gasteiger partial charge in [-0.25, -0.2) is 4.79 Å². The summed E-state index contributed by atoms with van der Waals surface area (Å²) in [5.74, 6) is 0.518. The molecule has 0 fully saturated rings. The van der Waals surface area contributed by atoms with Gasteiger partial charge in [0, 0.05) is 0 Å². The summed E-state index contributed by atoms with van der Waals surface area (Å²) >= 11 is 0. The van der Waals surface area contributed by atoms with Crippen LogP contribution in [0.2, 0.25) is 18.1 Å². The quantitative estimate of drug-likeness (QED) is 0.632. The van der Waals surface area contributed by atoms with Gasteiger partial charge in [0.1, 0.15) is 13.6 Å². The first kappa shape index (κ1) is 16.8. The lowest BCUT2D eigenvalue weighted by atomic mass is 9.92. The highest BCUT2D eigenvalue weighted by atomic mass is 28.4. The smallest absolute Gasteiger partial charge is 0.338 e. The number of rotatable bonds is 4. The largest absolute Gasteiger partial charge is 0.543 e. The summed E-state index contributed by atoms with van der Waals surface area (Å²) in [6.45, 7) is 11.0. The van der Waals surface area contributed by atoms with Crippen LogP contribution in [0.5, 0.6) is 5.75 Å². The molecular formula is C15H25BO3Si. The Morgan fingerprint density at radius 1 is 1.30 bits per heavy atom. The molecule has 0 aliphatic heterocycles. The number of methoxy groups -OCH3 is 1. The Balaban J connectivity index is 3.23. The van der Waals surface area contributed by atoms with E-state index in [0.717, 1.165) is 17.6 Å². The van der Waals surface area contributed by atoms with E-state index in [-0.39, 0.29) is 11.0 Å². The highest BCUT2D eigenvalue weighted by Crippen LogP contribution is 2.38. The van der Waals surface area contributed by atoms with E-state index in [2.05, 4.69) is 33.9 Å². The molecule has 0 heterocycles. The van der Waals surface area contributed by atoms with Crippen molar-refractivity contribution in [2.24, 2.45) is 0 Å². The van der Waals surface area contributed by atoms with Gasteiger partial charge in [0.25, 0.3) is 0 Å². The van der Waals surface area contributed by atoms with Crippen molar-refractivity contribution in [3.63, 3.8) is 0 Å². The molecule has 1 aromatic carbocycles. The molecule has 0 N–H and O–H groups in total. The topological polar surface area (TPSA) is 35.5 Å². The molecule has 0 radical (unpaired) electrons. The van der Waals surface area contributed by atoms with Crippen LogP contribution in [-0.4, -0.2) is 29.2 Å². The van der Waals surface area contributed by atoms with Crippen LogP contribution in [0, 0.1) is 0 Å². The minimum Gasteiger partial charge on any atom is -0.543 e. The fourth-order valence-corrected chi connectivity index (χ4v) is 2.80. The van der Waals surface area contributed by atoms with Crippen LogP contribution >= 0.6 is 0 Å².